The van der Waals surface area contributed by atoms with Crippen LogP contribution in [0.15, 0.2) is 71.3 Å². The van der Waals surface area contributed by atoms with Crippen molar-refractivity contribution in [2.24, 2.45) is 5.92 Å². The van der Waals surface area contributed by atoms with E-state index in [1.807, 2.05) is 30.5 Å². The molecule has 2 aromatic heterocycles. The molecule has 2 unspecified atom stereocenters. The molecular weight excluding hydrogens is 460 g/mol. The number of rotatable bonds is 7. The molecule has 1 saturated heterocycles. The van der Waals surface area contributed by atoms with Crippen LogP contribution in [0.3, 0.4) is 0 Å². The van der Waals surface area contributed by atoms with Gasteiger partial charge < -0.3 is 19.0 Å². The van der Waals surface area contributed by atoms with Gasteiger partial charge in [0.05, 0.1) is 18.7 Å². The number of ketones is 2. The number of benzene rings is 2. The van der Waals surface area contributed by atoms with Crippen LogP contribution in [0.1, 0.15) is 43.8 Å². The van der Waals surface area contributed by atoms with Crippen LogP contribution < -0.4 is 0 Å². The summed E-state index contributed by atoms with van der Waals surface area (Å²) in [5.74, 6) is -3.21. The molecule has 1 amide bonds. The first-order valence-corrected chi connectivity index (χ1v) is 11.6. The SMILES string of the molecule is COC(=O)c1ccc(C2C(C(=O)c3ccc(C)o3)C(=O)C(=O)N2CCc2c[nH]c3ccccc23)cc1. The van der Waals surface area contributed by atoms with Gasteiger partial charge in [0.25, 0.3) is 5.91 Å². The summed E-state index contributed by atoms with van der Waals surface area (Å²) >= 11 is 0. The summed E-state index contributed by atoms with van der Waals surface area (Å²) in [5.41, 5.74) is 2.88. The number of methoxy groups -OCH3 is 1. The highest BCUT2D eigenvalue weighted by atomic mass is 16.5. The molecule has 1 fully saturated rings. The largest absolute Gasteiger partial charge is 0.465 e. The first-order chi connectivity index (χ1) is 17.4. The molecule has 2 aromatic carbocycles. The van der Waals surface area contributed by atoms with Crippen molar-refractivity contribution in [3.05, 3.63) is 95.1 Å². The summed E-state index contributed by atoms with van der Waals surface area (Å²) in [6.45, 7) is 1.94. The second-order valence-corrected chi connectivity index (χ2v) is 8.78. The molecule has 8 nitrogen and oxygen atoms in total. The topological polar surface area (TPSA) is 110 Å². The van der Waals surface area contributed by atoms with E-state index in [4.69, 9.17) is 9.15 Å². The molecule has 182 valence electrons. The number of fused-ring (bicyclic) bond motifs is 1. The number of para-hydroxylation sites is 1. The maximum atomic E-state index is 13.4. The molecule has 1 N–H and O–H groups in total. The number of nitrogens with zero attached hydrogens (tertiary/aromatic N) is 1. The maximum absolute atomic E-state index is 13.4. The van der Waals surface area contributed by atoms with Crippen LogP contribution in [-0.2, 0) is 20.7 Å². The fraction of sp³-hybridized carbons (Fsp3) is 0.214. The third-order valence-electron chi connectivity index (χ3n) is 6.64. The van der Waals surface area contributed by atoms with Gasteiger partial charge in [-0.2, -0.15) is 0 Å². The van der Waals surface area contributed by atoms with Crippen LogP contribution in [0.5, 0.6) is 0 Å². The highest BCUT2D eigenvalue weighted by molar-refractivity contribution is 6.43. The van der Waals surface area contributed by atoms with Crippen LogP contribution in [0.25, 0.3) is 10.9 Å². The van der Waals surface area contributed by atoms with Crippen LogP contribution >= 0.6 is 0 Å². The fourth-order valence-electron chi connectivity index (χ4n) is 4.83. The molecule has 0 bridgehead atoms. The zero-order valence-corrected chi connectivity index (χ0v) is 19.8. The predicted molar refractivity (Wildman–Crippen MR) is 131 cm³/mol. The quantitative estimate of drug-likeness (QED) is 0.183. The third-order valence-corrected chi connectivity index (χ3v) is 6.64. The summed E-state index contributed by atoms with van der Waals surface area (Å²) < 4.78 is 10.3. The van der Waals surface area contributed by atoms with Crippen molar-refractivity contribution in [2.45, 2.75) is 19.4 Å². The number of hydrogen-bond acceptors (Lipinski definition) is 6. The molecule has 0 aliphatic carbocycles. The van der Waals surface area contributed by atoms with Crippen LogP contribution in [0.4, 0.5) is 0 Å². The Balaban J connectivity index is 1.51. The summed E-state index contributed by atoms with van der Waals surface area (Å²) in [4.78, 5) is 56.4. The van der Waals surface area contributed by atoms with Gasteiger partial charge in [0.2, 0.25) is 11.6 Å². The Labute approximate surface area is 206 Å². The van der Waals surface area contributed by atoms with Gasteiger partial charge in [0, 0.05) is 23.6 Å². The van der Waals surface area contributed by atoms with Gasteiger partial charge in [0.1, 0.15) is 11.7 Å². The molecule has 0 radical (unpaired) electrons. The van der Waals surface area contributed by atoms with E-state index in [9.17, 15) is 19.2 Å². The van der Waals surface area contributed by atoms with Crippen molar-refractivity contribution in [3.8, 4) is 0 Å². The third kappa shape index (κ3) is 4.00. The van der Waals surface area contributed by atoms with Gasteiger partial charge in [-0.3, -0.25) is 14.4 Å². The van der Waals surface area contributed by atoms with E-state index in [1.54, 1.807) is 37.3 Å². The molecule has 5 rings (SSSR count). The molecule has 1 aliphatic rings. The number of aromatic amines is 1. The normalized spacial score (nSPS) is 17.7. The van der Waals surface area contributed by atoms with Crippen LogP contribution in [0, 0.1) is 12.8 Å². The van der Waals surface area contributed by atoms with Gasteiger partial charge in [-0.1, -0.05) is 30.3 Å². The van der Waals surface area contributed by atoms with Crippen molar-refractivity contribution in [1.29, 1.82) is 0 Å². The van der Waals surface area contributed by atoms with Gasteiger partial charge in [0.15, 0.2) is 5.76 Å². The number of carbonyl (C=O) groups excluding carboxylic acids is 4. The molecule has 3 heterocycles. The van der Waals surface area contributed by atoms with Gasteiger partial charge >= 0.3 is 5.97 Å². The van der Waals surface area contributed by atoms with E-state index < -0.39 is 35.4 Å². The number of likely N-dealkylation sites (tertiary alicyclic amines) is 1. The number of ether oxygens (including phenoxy) is 1. The molecular formula is C28H24N2O6. The Morgan fingerprint density at radius 3 is 2.47 bits per heavy atom. The minimum atomic E-state index is -1.25. The molecule has 36 heavy (non-hydrogen) atoms. The highest BCUT2D eigenvalue weighted by Gasteiger charge is 2.52. The van der Waals surface area contributed by atoms with E-state index in [2.05, 4.69) is 4.98 Å². The Hall–Kier alpha value is -4.46. The number of esters is 1. The van der Waals surface area contributed by atoms with E-state index in [-0.39, 0.29) is 12.3 Å². The van der Waals surface area contributed by atoms with E-state index in [0.717, 1.165) is 16.5 Å². The van der Waals surface area contributed by atoms with Crippen LogP contribution in [-0.4, -0.2) is 47.0 Å². The molecule has 4 aromatic rings. The smallest absolute Gasteiger partial charge is 0.337 e. The lowest BCUT2D eigenvalue weighted by Crippen LogP contribution is -2.32. The van der Waals surface area contributed by atoms with Crippen molar-refractivity contribution in [3.63, 3.8) is 0 Å². The number of amides is 1. The Morgan fingerprint density at radius 2 is 1.78 bits per heavy atom. The zero-order chi connectivity index (χ0) is 25.4. The molecule has 8 heteroatoms. The van der Waals surface area contributed by atoms with E-state index in [1.165, 1.54) is 18.1 Å². The van der Waals surface area contributed by atoms with E-state index in [0.29, 0.717) is 23.3 Å². The number of Topliss-reactive ketones (excluding diaryl/α,β-unsaturated/α-hetero) is 2. The molecule has 1 aliphatic heterocycles. The Morgan fingerprint density at radius 1 is 1.03 bits per heavy atom. The maximum Gasteiger partial charge on any atom is 0.337 e. The minimum absolute atomic E-state index is 0.0355. The standard InChI is InChI=1S/C28H24N2O6/c1-16-7-12-22(36-16)25(31)23-24(17-8-10-18(11-9-17)28(34)35-2)30(27(33)26(23)32)14-13-19-15-29-21-6-4-3-5-20(19)21/h3-12,15,23-24,29H,13-14H2,1-2H3. The number of nitrogens with one attached hydrogen (secondary N) is 1. The molecule has 0 spiro atoms. The Bertz CT molecular complexity index is 1480. The van der Waals surface area contributed by atoms with Crippen LogP contribution in [0.2, 0.25) is 0 Å². The summed E-state index contributed by atoms with van der Waals surface area (Å²) in [6.07, 6.45) is 2.38. The average Bonchev–Trinajstić information content (AvgIpc) is 3.59. The highest BCUT2D eigenvalue weighted by Crippen LogP contribution is 2.39. The monoisotopic (exact) mass is 484 g/mol. The summed E-state index contributed by atoms with van der Waals surface area (Å²) in [6, 6.07) is 16.6. The van der Waals surface area contributed by atoms with Gasteiger partial charge in [-0.25, -0.2) is 4.79 Å². The molecule has 2 atom stereocenters. The lowest BCUT2D eigenvalue weighted by Gasteiger charge is -2.27. The second-order valence-electron chi connectivity index (χ2n) is 8.78. The average molecular weight is 485 g/mol. The van der Waals surface area contributed by atoms with Gasteiger partial charge in [-0.05, 0) is 54.8 Å². The number of carbonyl (C=O) groups is 4. The molecule has 0 saturated carbocycles. The van der Waals surface area contributed by atoms with Crippen molar-refractivity contribution in [1.82, 2.24) is 9.88 Å². The number of aryl methyl sites for hydroxylation is 1. The lowest BCUT2D eigenvalue weighted by molar-refractivity contribution is -0.140. The summed E-state index contributed by atoms with van der Waals surface area (Å²) in [5, 5.41) is 1.04. The van der Waals surface area contributed by atoms with Crippen molar-refractivity contribution < 1.29 is 28.3 Å². The summed E-state index contributed by atoms with van der Waals surface area (Å²) in [7, 11) is 1.29. The first kappa shape index (κ1) is 23.3. The number of hydrogen-bond donors (Lipinski definition) is 1. The number of furan rings is 1. The zero-order valence-electron chi connectivity index (χ0n) is 19.8. The Kier molecular flexibility index (Phi) is 6.01. The second kappa shape index (κ2) is 9.30. The van der Waals surface area contributed by atoms with E-state index >= 15 is 0 Å². The fourth-order valence-corrected chi connectivity index (χ4v) is 4.83. The predicted octanol–water partition coefficient (Wildman–Crippen LogP) is 4.05. The first-order valence-electron chi connectivity index (χ1n) is 11.6. The van der Waals surface area contributed by atoms with Gasteiger partial charge in [-0.15, -0.1) is 0 Å². The number of aromatic nitrogens is 1. The minimum Gasteiger partial charge on any atom is -0.465 e. The van der Waals surface area contributed by atoms with Crippen molar-refractivity contribution in [2.75, 3.05) is 13.7 Å². The number of H-pyrrole nitrogens is 1. The van der Waals surface area contributed by atoms with Crippen molar-refractivity contribution >= 4 is 34.3 Å². The lowest BCUT2D eigenvalue weighted by atomic mass is 9.88.